The second-order valence-electron chi connectivity index (χ2n) is 5.20. The maximum Gasteiger partial charge on any atom is 0.308 e. The van der Waals surface area contributed by atoms with Crippen LogP contribution in [0, 0.1) is 5.92 Å². The molecule has 0 aliphatic carbocycles. The molecule has 114 valence electrons. The summed E-state index contributed by atoms with van der Waals surface area (Å²) in [5, 5.41) is 13.6. The first-order valence-corrected chi connectivity index (χ1v) is 7.13. The molecular weight excluding hydrogens is 308 g/mol. The highest BCUT2D eigenvalue weighted by Gasteiger charge is 2.34. The molecule has 1 atom stereocenters. The van der Waals surface area contributed by atoms with Crippen LogP contribution in [0.2, 0.25) is 5.02 Å². The van der Waals surface area contributed by atoms with Crippen LogP contribution in [-0.2, 0) is 16.1 Å². The Kier molecular flexibility index (Phi) is 3.85. The number of carboxylic acids is 1. The summed E-state index contributed by atoms with van der Waals surface area (Å²) in [5.74, 6) is -1.26. The van der Waals surface area contributed by atoms with Crippen LogP contribution in [0.15, 0.2) is 34.9 Å². The van der Waals surface area contributed by atoms with E-state index in [-0.39, 0.29) is 25.4 Å². The standard InChI is InChI=1S/C15H13ClN2O4/c16-11-3-1-9(2-4-11)13-6-12(22-17-13)8-18-7-10(15(20)21)5-14(18)19/h1-4,6,10H,5,7-8H2,(H,20,21)/t10-/m0/s1. The van der Waals surface area contributed by atoms with Crippen LogP contribution in [0.25, 0.3) is 11.3 Å². The maximum absolute atomic E-state index is 11.8. The van der Waals surface area contributed by atoms with Crippen LogP contribution in [0.3, 0.4) is 0 Å². The van der Waals surface area contributed by atoms with Crippen molar-refractivity contribution < 1.29 is 19.2 Å². The molecule has 2 aromatic rings. The average molecular weight is 321 g/mol. The molecule has 22 heavy (non-hydrogen) atoms. The fourth-order valence-electron chi connectivity index (χ4n) is 2.42. The highest BCUT2D eigenvalue weighted by molar-refractivity contribution is 6.30. The number of benzene rings is 1. The molecule has 7 heteroatoms. The van der Waals surface area contributed by atoms with Gasteiger partial charge >= 0.3 is 5.97 Å². The molecule has 1 fully saturated rings. The number of aliphatic carboxylic acids is 1. The predicted molar refractivity (Wildman–Crippen MR) is 78.1 cm³/mol. The Hall–Kier alpha value is -2.34. The zero-order chi connectivity index (χ0) is 15.7. The van der Waals surface area contributed by atoms with Crippen molar-refractivity contribution >= 4 is 23.5 Å². The van der Waals surface area contributed by atoms with E-state index < -0.39 is 11.9 Å². The SMILES string of the molecule is O=C(O)[C@H]1CC(=O)N(Cc2cc(-c3ccc(Cl)cc3)no2)C1. The molecule has 1 aliphatic rings. The highest BCUT2D eigenvalue weighted by atomic mass is 35.5. The van der Waals surface area contributed by atoms with E-state index in [4.69, 9.17) is 21.2 Å². The number of nitrogens with zero attached hydrogens (tertiary/aromatic N) is 2. The molecule has 6 nitrogen and oxygen atoms in total. The first kappa shape index (κ1) is 14.6. The predicted octanol–water partition coefficient (Wildman–Crippen LogP) is 2.43. The Morgan fingerprint density at radius 1 is 1.41 bits per heavy atom. The number of aromatic nitrogens is 1. The van der Waals surface area contributed by atoms with Gasteiger partial charge in [-0.3, -0.25) is 9.59 Å². The van der Waals surface area contributed by atoms with Crippen molar-refractivity contribution in [2.24, 2.45) is 5.92 Å². The second kappa shape index (κ2) is 5.81. The Bertz CT molecular complexity index is 711. The van der Waals surface area contributed by atoms with Crippen LogP contribution < -0.4 is 0 Å². The third-order valence-corrected chi connectivity index (χ3v) is 3.86. The number of carboxylic acid groups (broad SMARTS) is 1. The summed E-state index contributed by atoms with van der Waals surface area (Å²) in [6.07, 6.45) is 0.0352. The molecule has 0 spiro atoms. The number of amides is 1. The Morgan fingerprint density at radius 2 is 2.14 bits per heavy atom. The van der Waals surface area contributed by atoms with Gasteiger partial charge in [-0.2, -0.15) is 0 Å². The van der Waals surface area contributed by atoms with E-state index in [2.05, 4.69) is 5.16 Å². The lowest BCUT2D eigenvalue weighted by Crippen LogP contribution is -2.25. The van der Waals surface area contributed by atoms with Crippen molar-refractivity contribution in [2.75, 3.05) is 6.54 Å². The summed E-state index contributed by atoms with van der Waals surface area (Å²) in [6, 6.07) is 8.90. The van der Waals surface area contributed by atoms with Crippen molar-refractivity contribution in [2.45, 2.75) is 13.0 Å². The average Bonchev–Trinajstić information content (AvgIpc) is 3.08. The molecule has 0 unspecified atom stereocenters. The quantitative estimate of drug-likeness (QED) is 0.935. The minimum Gasteiger partial charge on any atom is -0.481 e. The van der Waals surface area contributed by atoms with Crippen molar-refractivity contribution in [1.29, 1.82) is 0 Å². The maximum atomic E-state index is 11.8. The number of carbonyl (C=O) groups excluding carboxylic acids is 1. The number of rotatable bonds is 4. The molecule has 1 N–H and O–H groups in total. The van der Waals surface area contributed by atoms with Gasteiger partial charge in [0.1, 0.15) is 5.69 Å². The van der Waals surface area contributed by atoms with Crippen LogP contribution in [0.5, 0.6) is 0 Å². The van der Waals surface area contributed by atoms with Crippen molar-refractivity contribution in [3.05, 3.63) is 41.1 Å². The lowest BCUT2D eigenvalue weighted by molar-refractivity contribution is -0.141. The molecule has 1 saturated heterocycles. The Balaban J connectivity index is 1.71. The third kappa shape index (κ3) is 2.96. The number of carbonyl (C=O) groups is 2. The van der Waals surface area contributed by atoms with Gasteiger partial charge in [-0.15, -0.1) is 0 Å². The molecule has 1 aromatic heterocycles. The minimum absolute atomic E-state index is 0.0352. The van der Waals surface area contributed by atoms with Crippen LogP contribution in [0.4, 0.5) is 0 Å². The van der Waals surface area contributed by atoms with E-state index in [1.165, 1.54) is 4.90 Å². The van der Waals surface area contributed by atoms with Gasteiger partial charge < -0.3 is 14.5 Å². The number of hydrogen-bond donors (Lipinski definition) is 1. The zero-order valence-electron chi connectivity index (χ0n) is 11.5. The summed E-state index contributed by atoms with van der Waals surface area (Å²) in [7, 11) is 0. The first-order valence-electron chi connectivity index (χ1n) is 6.75. The van der Waals surface area contributed by atoms with E-state index in [1.54, 1.807) is 18.2 Å². The summed E-state index contributed by atoms with van der Waals surface area (Å²) in [4.78, 5) is 24.2. The Morgan fingerprint density at radius 3 is 2.77 bits per heavy atom. The van der Waals surface area contributed by atoms with Gasteiger partial charge in [-0.25, -0.2) is 0 Å². The summed E-state index contributed by atoms with van der Waals surface area (Å²) in [6.45, 7) is 0.425. The summed E-state index contributed by atoms with van der Waals surface area (Å²) in [5.41, 5.74) is 1.50. The van der Waals surface area contributed by atoms with Crippen molar-refractivity contribution in [1.82, 2.24) is 10.1 Å². The molecular formula is C15H13ClN2O4. The van der Waals surface area contributed by atoms with Gasteiger partial charge in [0, 0.05) is 29.6 Å². The summed E-state index contributed by atoms with van der Waals surface area (Å²) < 4.78 is 5.23. The highest BCUT2D eigenvalue weighted by Crippen LogP contribution is 2.24. The minimum atomic E-state index is -0.949. The number of hydrogen-bond acceptors (Lipinski definition) is 4. The smallest absolute Gasteiger partial charge is 0.308 e. The first-order chi connectivity index (χ1) is 10.5. The van der Waals surface area contributed by atoms with Gasteiger partial charge in [0.05, 0.1) is 12.5 Å². The third-order valence-electron chi connectivity index (χ3n) is 3.61. The van der Waals surface area contributed by atoms with E-state index in [1.807, 2.05) is 12.1 Å². The van der Waals surface area contributed by atoms with Gasteiger partial charge in [0.25, 0.3) is 0 Å². The molecule has 1 aromatic carbocycles. The van der Waals surface area contributed by atoms with Crippen LogP contribution in [0.1, 0.15) is 12.2 Å². The molecule has 0 bridgehead atoms. The largest absolute Gasteiger partial charge is 0.481 e. The van der Waals surface area contributed by atoms with Crippen LogP contribution >= 0.6 is 11.6 Å². The van der Waals surface area contributed by atoms with Crippen LogP contribution in [-0.4, -0.2) is 33.6 Å². The molecule has 0 radical (unpaired) electrons. The number of halogens is 1. The lowest BCUT2D eigenvalue weighted by Gasteiger charge is -2.13. The van der Waals surface area contributed by atoms with Crippen molar-refractivity contribution in [3.63, 3.8) is 0 Å². The fourth-order valence-corrected chi connectivity index (χ4v) is 2.55. The molecule has 3 rings (SSSR count). The van der Waals surface area contributed by atoms with Crippen molar-refractivity contribution in [3.8, 4) is 11.3 Å². The molecule has 0 saturated carbocycles. The topological polar surface area (TPSA) is 83.6 Å². The van der Waals surface area contributed by atoms with Gasteiger partial charge in [0.15, 0.2) is 5.76 Å². The van der Waals surface area contributed by atoms with Gasteiger partial charge in [-0.05, 0) is 12.1 Å². The van der Waals surface area contributed by atoms with E-state index in [9.17, 15) is 9.59 Å². The summed E-state index contributed by atoms with van der Waals surface area (Å²) >= 11 is 5.84. The van der Waals surface area contributed by atoms with E-state index in [0.29, 0.717) is 16.5 Å². The second-order valence-corrected chi connectivity index (χ2v) is 5.64. The van der Waals surface area contributed by atoms with Gasteiger partial charge in [-0.1, -0.05) is 28.9 Å². The zero-order valence-corrected chi connectivity index (χ0v) is 12.3. The Labute approximate surface area is 131 Å². The normalized spacial score (nSPS) is 18.0. The van der Waals surface area contributed by atoms with E-state index in [0.717, 1.165) is 5.56 Å². The number of likely N-dealkylation sites (tertiary alicyclic amines) is 1. The molecule has 2 heterocycles. The fraction of sp³-hybridized carbons (Fsp3) is 0.267. The lowest BCUT2D eigenvalue weighted by atomic mass is 10.1. The molecule has 1 amide bonds. The van der Waals surface area contributed by atoms with Gasteiger partial charge in [0.2, 0.25) is 5.91 Å². The molecule has 1 aliphatic heterocycles. The van der Waals surface area contributed by atoms with E-state index >= 15 is 0 Å². The monoisotopic (exact) mass is 320 g/mol.